The summed E-state index contributed by atoms with van der Waals surface area (Å²) in [5.41, 5.74) is -2.01. The number of hydrogen-bond acceptors (Lipinski definition) is 12. The summed E-state index contributed by atoms with van der Waals surface area (Å²) < 4.78 is 37.1. The van der Waals surface area contributed by atoms with Crippen LogP contribution in [0.25, 0.3) is 0 Å². The number of rotatable bonds is 24. The summed E-state index contributed by atoms with van der Waals surface area (Å²) in [4.78, 5) is 74.9. The molecule has 0 amide bonds. The summed E-state index contributed by atoms with van der Waals surface area (Å²) in [7, 11) is 0. The molecule has 24 saturated carbocycles. The lowest BCUT2D eigenvalue weighted by molar-refractivity contribution is -0.220. The molecule has 24 rings (SSSR count). The van der Waals surface area contributed by atoms with Crippen molar-refractivity contribution in [1.29, 1.82) is 0 Å². The fraction of sp³-hybridized carbons (Fsp3) is 0.944. The largest absolute Gasteiger partial charge is 0.459 e. The van der Waals surface area contributed by atoms with Gasteiger partial charge in [0.1, 0.15) is 33.6 Å². The Hall–Kier alpha value is -3.18. The van der Waals surface area contributed by atoms with E-state index >= 15 is 0 Å². The van der Waals surface area contributed by atoms with Crippen LogP contribution in [0.3, 0.4) is 0 Å². The van der Waals surface area contributed by atoms with Crippen LogP contribution in [0.5, 0.6) is 0 Å². The van der Waals surface area contributed by atoms with Gasteiger partial charge in [-0.05, 0) is 490 Å². The van der Waals surface area contributed by atoms with Crippen LogP contribution >= 0.6 is 0 Å². The lowest BCUT2D eigenvalue weighted by Crippen LogP contribution is -2.60. The predicted molar refractivity (Wildman–Crippen MR) is 481 cm³/mol. The molecule has 0 aromatic rings. The fourth-order valence-corrected chi connectivity index (χ4v) is 31.3. The van der Waals surface area contributed by atoms with Gasteiger partial charge in [0.25, 0.3) is 0 Å². The first-order chi connectivity index (χ1) is 56.2. The summed E-state index contributed by atoms with van der Waals surface area (Å²) >= 11 is 0. The highest BCUT2D eigenvalue weighted by molar-refractivity contribution is 5.78. The van der Waals surface area contributed by atoms with Gasteiger partial charge in [-0.2, -0.15) is 0 Å². The molecule has 2 atom stereocenters. The van der Waals surface area contributed by atoms with E-state index in [2.05, 4.69) is 96.9 Å². The molecule has 2 unspecified atom stereocenters. The van der Waals surface area contributed by atoms with Crippen molar-refractivity contribution in [3.05, 3.63) is 0 Å². The van der Waals surface area contributed by atoms with Crippen molar-refractivity contribution in [2.75, 3.05) is 0 Å². The molecular weight excluding hydrogens is 1490 g/mol. The van der Waals surface area contributed by atoms with Crippen molar-refractivity contribution in [2.45, 2.75) is 469 Å². The van der Waals surface area contributed by atoms with E-state index in [0.717, 1.165) is 134 Å². The van der Waals surface area contributed by atoms with Gasteiger partial charge >= 0.3 is 35.8 Å². The minimum atomic E-state index is -0.362. The molecule has 0 aromatic heterocycles. The van der Waals surface area contributed by atoms with E-state index in [-0.39, 0.29) is 114 Å². The molecule has 120 heavy (non-hydrogen) atoms. The summed E-state index contributed by atoms with van der Waals surface area (Å²) in [5.74, 6) is 18.2. The second-order valence-electron chi connectivity index (χ2n) is 50.3. The molecule has 24 aliphatic rings. The van der Waals surface area contributed by atoms with Crippen LogP contribution in [0, 0.1) is 175 Å². The monoisotopic (exact) mass is 1670 g/mol. The maximum absolute atomic E-state index is 12.8. The molecule has 0 N–H and O–H groups in total. The van der Waals surface area contributed by atoms with E-state index in [1.54, 1.807) is 0 Å². The number of carbonyl (C=O) groups is 6. The first kappa shape index (κ1) is 94.4. The van der Waals surface area contributed by atoms with Crippen molar-refractivity contribution in [3.63, 3.8) is 0 Å². The van der Waals surface area contributed by atoms with E-state index in [1.807, 2.05) is 69.2 Å². The zero-order chi connectivity index (χ0) is 87.3. The van der Waals surface area contributed by atoms with Crippen LogP contribution in [0.4, 0.5) is 0 Å². The number of ether oxygens (including phenoxy) is 6. The second kappa shape index (κ2) is 35.7. The Morgan fingerprint density at radius 1 is 0.292 bits per heavy atom. The SMILES string of the molecule is CCC(C)(C)C(=O)OC(C)(C)C12CC3CC(CC(C3)C1)C2.CCC(C)(C)C(=O)OC1(C)C2CC3CC(C2)CC1C3.CCC(C)(C)C(=O)OC1(CC)C2CC3CC(C2)CC1C3.CCC(C)C(=O)OC(C)(C)C12CC3CC(CC(C3)C1)C2.CCC(C)C(=O)OC1(C)C2CC3CC(C2)CC1C3.CCCCC1(OC(=O)C(C)(C)CC)C2CC3CC(C2)CC1C3. The maximum atomic E-state index is 12.8. The molecule has 0 heterocycles. The standard InChI is InChI=1S/C20H34O2.C19H32O2.2C18H30O2.C17H28O2.C16H26O2/c1-5-7-8-20(22-18(21)19(3,4)6-2)16-10-14-9-15(12-16)13-17(20)11-14;1-6-17(2,3)16(20)21-18(4,5)19-10-13-7-14(11-19)9-15(8-13)12-19;1-5-12(2)16(19)20-17(3,4)18-9-13-6-14(10-18)8-15(7-13)11-18;1-5-17(3,4)16(19)20-18(6-2)14-8-12-7-13(10-14)11-15(18)9-12;1-5-16(2,3)15(18)19-17(4)13-7-11-6-12(9-13)10-14(17)8-11;1-4-10(2)15(17)18-16(3)13-6-11-5-12(8-13)9-14(16)7-11/h14-17H,5-13H2,1-4H3;13-15H,6-12H2,1-5H3;2*12-15H,5-11H2,1-4H3;11-14H,5-10H2,1-4H3;10-14H,4-9H2,1-3H3. The molecule has 24 aliphatic carbocycles. The first-order valence-electron chi connectivity index (χ1n) is 51.6. The minimum Gasteiger partial charge on any atom is -0.459 e. The Morgan fingerprint density at radius 2 is 0.533 bits per heavy atom. The molecule has 0 aliphatic heterocycles. The van der Waals surface area contributed by atoms with Crippen molar-refractivity contribution < 1.29 is 57.2 Å². The van der Waals surface area contributed by atoms with Crippen molar-refractivity contribution in [1.82, 2.24) is 0 Å². The second-order valence-corrected chi connectivity index (χ2v) is 50.3. The van der Waals surface area contributed by atoms with Crippen LogP contribution in [0.15, 0.2) is 0 Å². The fourth-order valence-electron chi connectivity index (χ4n) is 31.3. The summed E-state index contributed by atoms with van der Waals surface area (Å²) in [6.45, 7) is 50.2. The highest BCUT2D eigenvalue weighted by atomic mass is 16.6. The molecule has 0 spiro atoms. The van der Waals surface area contributed by atoms with Crippen molar-refractivity contribution >= 4 is 35.8 Å². The molecule has 12 heteroatoms. The molecule has 12 nitrogen and oxygen atoms in total. The van der Waals surface area contributed by atoms with Gasteiger partial charge in [-0.1, -0.05) is 75.7 Å². The molecular formula is C108H180O12. The van der Waals surface area contributed by atoms with E-state index in [9.17, 15) is 28.8 Å². The smallest absolute Gasteiger partial charge is 0.312 e. The number of hydrogen-bond donors (Lipinski definition) is 0. The van der Waals surface area contributed by atoms with Gasteiger partial charge in [-0.15, -0.1) is 0 Å². The Bertz CT molecular complexity index is 3370. The summed E-state index contributed by atoms with van der Waals surface area (Å²) in [6, 6.07) is 0. The minimum absolute atomic E-state index is 0.00763. The zero-order valence-corrected chi connectivity index (χ0v) is 81.5. The van der Waals surface area contributed by atoms with Crippen molar-refractivity contribution in [2.24, 2.45) is 175 Å². The van der Waals surface area contributed by atoms with Gasteiger partial charge in [0.2, 0.25) is 0 Å². The number of carbonyl (C=O) groups excluding carboxylic acids is 6. The Labute approximate surface area is 732 Å². The topological polar surface area (TPSA) is 158 Å². The number of unbranched alkanes of at least 4 members (excludes halogenated alkanes) is 1. The van der Waals surface area contributed by atoms with Gasteiger partial charge in [-0.25, -0.2) is 0 Å². The molecule has 0 saturated heterocycles. The third kappa shape index (κ3) is 18.6. The maximum Gasteiger partial charge on any atom is 0.312 e. The van der Waals surface area contributed by atoms with Crippen LogP contribution in [0.1, 0.15) is 436 Å². The Morgan fingerprint density at radius 3 is 0.817 bits per heavy atom. The summed E-state index contributed by atoms with van der Waals surface area (Å²) in [6.07, 6.45) is 52.7. The van der Waals surface area contributed by atoms with Gasteiger partial charge in [-0.3, -0.25) is 28.8 Å². The lowest BCUT2D eigenvalue weighted by Gasteiger charge is -2.61. The first-order valence-corrected chi connectivity index (χ1v) is 51.6. The summed E-state index contributed by atoms with van der Waals surface area (Å²) in [5, 5.41) is 0. The van der Waals surface area contributed by atoms with Gasteiger partial charge in [0.15, 0.2) is 0 Å². The molecule has 24 fully saturated rings. The van der Waals surface area contributed by atoms with Crippen molar-refractivity contribution in [3.8, 4) is 0 Å². The zero-order valence-electron chi connectivity index (χ0n) is 81.5. The van der Waals surface area contributed by atoms with Crippen LogP contribution in [-0.4, -0.2) is 69.4 Å². The van der Waals surface area contributed by atoms with Gasteiger partial charge < -0.3 is 28.4 Å². The average Bonchev–Trinajstić information content (AvgIpc) is 0.392. The van der Waals surface area contributed by atoms with E-state index in [1.165, 1.54) is 218 Å². The van der Waals surface area contributed by atoms with Gasteiger partial charge in [0, 0.05) is 10.8 Å². The predicted octanol–water partition coefficient (Wildman–Crippen LogP) is 27.4. The van der Waals surface area contributed by atoms with Crippen LogP contribution in [-0.2, 0) is 57.2 Å². The highest BCUT2D eigenvalue weighted by Gasteiger charge is 2.66. The molecule has 684 valence electrons. The number of esters is 6. The third-order valence-corrected chi connectivity index (χ3v) is 40.3. The van der Waals surface area contributed by atoms with E-state index in [0.29, 0.717) is 47.3 Å². The Kier molecular flexibility index (Phi) is 28.1. The molecule has 0 radical (unpaired) electrons. The molecule has 24 bridgehead atoms. The van der Waals surface area contributed by atoms with Gasteiger partial charge in [0.05, 0.1) is 33.5 Å². The highest BCUT2D eigenvalue weighted by Crippen LogP contribution is 2.69. The normalized spacial score (nSPS) is 42.1. The van der Waals surface area contributed by atoms with E-state index in [4.69, 9.17) is 28.4 Å². The van der Waals surface area contributed by atoms with Crippen LogP contribution in [0.2, 0.25) is 0 Å². The van der Waals surface area contributed by atoms with Crippen LogP contribution < -0.4 is 0 Å². The molecule has 0 aromatic carbocycles. The third-order valence-electron chi connectivity index (χ3n) is 40.3. The average molecular weight is 1670 g/mol. The van der Waals surface area contributed by atoms with E-state index < -0.39 is 0 Å². The Balaban J connectivity index is 0.000000125. The quantitative estimate of drug-likeness (QED) is 0.0666. The lowest BCUT2D eigenvalue weighted by atomic mass is 9.46.